The van der Waals surface area contributed by atoms with Crippen molar-refractivity contribution >= 4 is 18.0 Å². The number of rotatable bonds is 9. The van der Waals surface area contributed by atoms with E-state index in [9.17, 15) is 23.2 Å². The van der Waals surface area contributed by atoms with Crippen LogP contribution in [-0.2, 0) is 37.0 Å². The smallest absolute Gasteiger partial charge is 0.408 e. The zero-order valence-corrected chi connectivity index (χ0v) is 18.7. The van der Waals surface area contributed by atoms with E-state index in [-0.39, 0.29) is 13.2 Å². The molecule has 0 bridgehead atoms. The van der Waals surface area contributed by atoms with Crippen LogP contribution >= 0.6 is 0 Å². The maximum Gasteiger partial charge on any atom is 0.408 e. The number of alkyl carbamates (subject to hydrolysis) is 1. The molecule has 33 heavy (non-hydrogen) atoms. The fourth-order valence-electron chi connectivity index (χ4n) is 2.66. The molecule has 9 heteroatoms. The molecule has 0 aliphatic heterocycles. The summed E-state index contributed by atoms with van der Waals surface area (Å²) in [6.07, 6.45) is -2.69. The molecule has 178 valence electrons. The van der Waals surface area contributed by atoms with Gasteiger partial charge in [0.05, 0.1) is 0 Å². The van der Waals surface area contributed by atoms with Crippen LogP contribution in [0.3, 0.4) is 0 Å². The average Bonchev–Trinajstić information content (AvgIpc) is 2.74. The Morgan fingerprint density at radius 1 is 0.848 bits per heavy atom. The molecule has 2 aromatic rings. The molecule has 0 saturated carbocycles. The van der Waals surface area contributed by atoms with E-state index < -0.39 is 42.0 Å². The van der Waals surface area contributed by atoms with Crippen molar-refractivity contribution < 1.29 is 37.4 Å². The first-order valence-electron chi connectivity index (χ1n) is 10.2. The fourth-order valence-corrected chi connectivity index (χ4v) is 2.66. The first kappa shape index (κ1) is 25.8. The fraction of sp³-hybridized carbons (Fsp3) is 0.375. The number of alkyl halides is 2. The van der Waals surface area contributed by atoms with E-state index in [2.05, 4.69) is 0 Å². The van der Waals surface area contributed by atoms with Crippen LogP contribution in [0.15, 0.2) is 60.7 Å². The van der Waals surface area contributed by atoms with Crippen molar-refractivity contribution in [1.82, 2.24) is 5.32 Å². The maximum absolute atomic E-state index is 15.0. The summed E-state index contributed by atoms with van der Waals surface area (Å²) in [5.41, 5.74) is 0.180. The molecule has 0 heterocycles. The highest BCUT2D eigenvalue weighted by Crippen LogP contribution is 2.26. The molecule has 1 N–H and O–H groups in total. The van der Waals surface area contributed by atoms with Gasteiger partial charge in [0, 0.05) is 0 Å². The molecule has 7 nitrogen and oxygen atoms in total. The minimum atomic E-state index is -4.00. The lowest BCUT2D eigenvalue weighted by Crippen LogP contribution is -2.55. The Morgan fingerprint density at radius 2 is 1.33 bits per heavy atom. The quantitative estimate of drug-likeness (QED) is 0.438. The van der Waals surface area contributed by atoms with Crippen molar-refractivity contribution in [2.75, 3.05) is 0 Å². The Morgan fingerprint density at radius 3 is 1.82 bits per heavy atom. The van der Waals surface area contributed by atoms with E-state index in [0.717, 1.165) is 0 Å². The van der Waals surface area contributed by atoms with Crippen molar-refractivity contribution in [3.05, 3.63) is 71.8 Å². The number of carbonyl (C=O) groups is 3. The SMILES string of the molecule is CC(C)(C)OC(=O)N[C@H](C(=O)OCc1ccccc1)C(F)(F)CC(=O)OCc1ccccc1. The molecule has 0 aromatic heterocycles. The Kier molecular flexibility index (Phi) is 8.90. The molecule has 0 saturated heterocycles. The molecule has 0 unspecified atom stereocenters. The van der Waals surface area contributed by atoms with Crippen molar-refractivity contribution in [1.29, 1.82) is 0 Å². The molecule has 0 radical (unpaired) electrons. The molecular weight excluding hydrogens is 436 g/mol. The lowest BCUT2D eigenvalue weighted by atomic mass is 10.1. The van der Waals surface area contributed by atoms with Gasteiger partial charge in [-0.1, -0.05) is 60.7 Å². The average molecular weight is 463 g/mol. The molecule has 1 amide bonds. The van der Waals surface area contributed by atoms with Gasteiger partial charge in [-0.15, -0.1) is 0 Å². The number of ether oxygens (including phenoxy) is 3. The molecule has 0 aliphatic carbocycles. The largest absolute Gasteiger partial charge is 0.461 e. The van der Waals surface area contributed by atoms with E-state index in [1.807, 2.05) is 5.32 Å². The van der Waals surface area contributed by atoms with Crippen LogP contribution in [-0.4, -0.2) is 35.6 Å². The topological polar surface area (TPSA) is 90.9 Å². The van der Waals surface area contributed by atoms with Crippen LogP contribution in [0.2, 0.25) is 0 Å². The second kappa shape index (κ2) is 11.4. The molecule has 2 aromatic carbocycles. The number of halogens is 2. The third-order valence-electron chi connectivity index (χ3n) is 4.17. The monoisotopic (exact) mass is 463 g/mol. The third kappa shape index (κ3) is 9.26. The van der Waals surface area contributed by atoms with E-state index in [1.165, 1.54) is 20.8 Å². The first-order chi connectivity index (χ1) is 15.5. The first-order valence-corrected chi connectivity index (χ1v) is 10.2. The van der Waals surface area contributed by atoms with Crippen molar-refractivity contribution in [2.24, 2.45) is 0 Å². The number of esters is 2. The molecule has 2 rings (SSSR count). The number of nitrogens with one attached hydrogen (secondary N) is 1. The predicted molar refractivity (Wildman–Crippen MR) is 115 cm³/mol. The summed E-state index contributed by atoms with van der Waals surface area (Å²) in [6.45, 7) is 4.11. The van der Waals surface area contributed by atoms with Gasteiger partial charge in [0.25, 0.3) is 5.92 Å². The molecule has 0 aliphatic rings. The third-order valence-corrected chi connectivity index (χ3v) is 4.17. The van der Waals surface area contributed by atoms with Gasteiger partial charge in [-0.3, -0.25) is 4.79 Å². The van der Waals surface area contributed by atoms with E-state index >= 15 is 0 Å². The van der Waals surface area contributed by atoms with Crippen LogP contribution in [0, 0.1) is 0 Å². The van der Waals surface area contributed by atoms with Gasteiger partial charge in [-0.25, -0.2) is 18.4 Å². The normalized spacial score (nSPS) is 12.4. The lowest BCUT2D eigenvalue weighted by molar-refractivity contribution is -0.166. The summed E-state index contributed by atoms with van der Waals surface area (Å²) in [5, 5.41) is 1.84. The number of hydrogen-bond acceptors (Lipinski definition) is 6. The van der Waals surface area contributed by atoms with Crippen LogP contribution < -0.4 is 5.32 Å². The van der Waals surface area contributed by atoms with Gasteiger partial charge in [-0.05, 0) is 31.9 Å². The van der Waals surface area contributed by atoms with Crippen LogP contribution in [0.5, 0.6) is 0 Å². The number of carbonyl (C=O) groups excluding carboxylic acids is 3. The molecular formula is C24H27F2NO6. The second-order valence-corrected chi connectivity index (χ2v) is 8.26. The Hall–Kier alpha value is -3.49. The van der Waals surface area contributed by atoms with Crippen molar-refractivity contribution in [3.8, 4) is 0 Å². The highest BCUT2D eigenvalue weighted by molar-refractivity contribution is 5.84. The number of benzene rings is 2. The summed E-state index contributed by atoms with van der Waals surface area (Å²) >= 11 is 0. The van der Waals surface area contributed by atoms with Crippen LogP contribution in [0.4, 0.5) is 13.6 Å². The standard InChI is InChI=1S/C24H27F2NO6/c1-23(2,3)33-22(30)27-20(21(29)32-16-18-12-8-5-9-13-18)24(25,26)14-19(28)31-15-17-10-6-4-7-11-17/h4-13,20H,14-16H2,1-3H3,(H,27,30)/t20-/m1/s1. The highest BCUT2D eigenvalue weighted by Gasteiger charge is 2.49. The van der Waals surface area contributed by atoms with E-state index in [0.29, 0.717) is 11.1 Å². The van der Waals surface area contributed by atoms with Gasteiger partial charge < -0.3 is 19.5 Å². The highest BCUT2D eigenvalue weighted by atomic mass is 19.3. The second-order valence-electron chi connectivity index (χ2n) is 8.26. The number of hydrogen-bond donors (Lipinski definition) is 1. The zero-order chi connectivity index (χ0) is 24.5. The number of amides is 1. The lowest BCUT2D eigenvalue weighted by Gasteiger charge is -2.27. The summed E-state index contributed by atoms with van der Waals surface area (Å²) in [5.74, 6) is -6.65. The van der Waals surface area contributed by atoms with Gasteiger partial charge in [0.1, 0.15) is 25.2 Å². The summed E-state index contributed by atoms with van der Waals surface area (Å²) in [6, 6.07) is 14.5. The Balaban J connectivity index is 2.08. The molecule has 0 fully saturated rings. The zero-order valence-electron chi connectivity index (χ0n) is 18.7. The van der Waals surface area contributed by atoms with Crippen molar-refractivity contribution in [2.45, 2.75) is 58.0 Å². The van der Waals surface area contributed by atoms with Crippen LogP contribution in [0.1, 0.15) is 38.3 Å². The summed E-state index contributed by atoms with van der Waals surface area (Å²) in [7, 11) is 0. The minimum absolute atomic E-state index is 0.210. The minimum Gasteiger partial charge on any atom is -0.461 e. The van der Waals surface area contributed by atoms with Crippen LogP contribution in [0.25, 0.3) is 0 Å². The predicted octanol–water partition coefficient (Wildman–Crippen LogP) is 4.39. The van der Waals surface area contributed by atoms with E-state index in [4.69, 9.17) is 14.2 Å². The van der Waals surface area contributed by atoms with Gasteiger partial charge in [0.15, 0.2) is 6.04 Å². The van der Waals surface area contributed by atoms with E-state index in [1.54, 1.807) is 60.7 Å². The summed E-state index contributed by atoms with van der Waals surface area (Å²) in [4.78, 5) is 36.7. The maximum atomic E-state index is 15.0. The summed E-state index contributed by atoms with van der Waals surface area (Å²) < 4.78 is 44.8. The molecule has 0 spiro atoms. The molecule has 1 atom stereocenters. The van der Waals surface area contributed by atoms with Gasteiger partial charge >= 0.3 is 18.0 Å². The Bertz CT molecular complexity index is 929. The Labute approximate surface area is 191 Å². The van der Waals surface area contributed by atoms with Gasteiger partial charge in [-0.2, -0.15) is 0 Å². The van der Waals surface area contributed by atoms with Gasteiger partial charge in [0.2, 0.25) is 0 Å². The van der Waals surface area contributed by atoms with Crippen molar-refractivity contribution in [3.63, 3.8) is 0 Å².